The third-order valence-corrected chi connectivity index (χ3v) is 3.35. The number of hydrogen-bond donors (Lipinski definition) is 0. The van der Waals surface area contributed by atoms with Crippen LogP contribution < -0.4 is 0 Å². The molecular formula is C15H26O4. The van der Waals surface area contributed by atoms with Crippen LogP contribution in [0, 0.1) is 17.8 Å². The van der Waals surface area contributed by atoms with Gasteiger partial charge in [-0.1, -0.05) is 27.2 Å². The summed E-state index contributed by atoms with van der Waals surface area (Å²) in [6, 6.07) is 0. The van der Waals surface area contributed by atoms with Crippen molar-refractivity contribution in [1.29, 1.82) is 0 Å². The number of ether oxygens (including phenoxy) is 2. The molecule has 0 amide bonds. The normalized spacial score (nSPS) is 23.2. The first-order valence-electron chi connectivity index (χ1n) is 7.37. The molecule has 110 valence electrons. The van der Waals surface area contributed by atoms with E-state index in [9.17, 15) is 9.59 Å². The summed E-state index contributed by atoms with van der Waals surface area (Å²) in [4.78, 5) is 23.7. The lowest BCUT2D eigenvalue weighted by molar-refractivity contribution is -0.155. The van der Waals surface area contributed by atoms with Crippen molar-refractivity contribution in [3.8, 4) is 0 Å². The van der Waals surface area contributed by atoms with E-state index in [-0.39, 0.29) is 23.8 Å². The first-order chi connectivity index (χ1) is 9.04. The fraction of sp³-hybridized carbons (Fsp3) is 0.867. The Labute approximate surface area is 115 Å². The highest BCUT2D eigenvalue weighted by Crippen LogP contribution is 2.30. The van der Waals surface area contributed by atoms with Gasteiger partial charge in [-0.25, -0.2) is 0 Å². The van der Waals surface area contributed by atoms with Crippen LogP contribution in [0.4, 0.5) is 0 Å². The predicted molar refractivity (Wildman–Crippen MR) is 72.5 cm³/mol. The van der Waals surface area contributed by atoms with Gasteiger partial charge in [0.1, 0.15) is 0 Å². The summed E-state index contributed by atoms with van der Waals surface area (Å²) in [6.07, 6.45) is 3.97. The minimum Gasteiger partial charge on any atom is -0.465 e. The van der Waals surface area contributed by atoms with Gasteiger partial charge in [-0.2, -0.15) is 0 Å². The molecule has 4 nitrogen and oxygen atoms in total. The number of carbonyl (C=O) groups excluding carboxylic acids is 2. The van der Waals surface area contributed by atoms with Crippen LogP contribution in [0.1, 0.15) is 52.9 Å². The zero-order valence-electron chi connectivity index (χ0n) is 12.3. The van der Waals surface area contributed by atoms with Crippen LogP contribution >= 0.6 is 0 Å². The maximum absolute atomic E-state index is 11.9. The molecule has 0 aliphatic heterocycles. The Hall–Kier alpha value is -1.06. The average Bonchev–Trinajstić information content (AvgIpc) is 2.42. The van der Waals surface area contributed by atoms with E-state index < -0.39 is 0 Å². The van der Waals surface area contributed by atoms with Gasteiger partial charge in [0.15, 0.2) is 0 Å². The monoisotopic (exact) mass is 270 g/mol. The van der Waals surface area contributed by atoms with Crippen molar-refractivity contribution in [1.82, 2.24) is 0 Å². The Morgan fingerprint density at radius 1 is 1.11 bits per heavy atom. The molecule has 0 bridgehead atoms. The Kier molecular flexibility index (Phi) is 6.89. The summed E-state index contributed by atoms with van der Waals surface area (Å²) in [5.74, 6) is -0.216. The van der Waals surface area contributed by atoms with E-state index in [0.29, 0.717) is 25.6 Å². The van der Waals surface area contributed by atoms with Gasteiger partial charge in [0.05, 0.1) is 25.0 Å². The highest BCUT2D eigenvalue weighted by atomic mass is 16.5. The first-order valence-corrected chi connectivity index (χ1v) is 7.37. The molecule has 1 saturated carbocycles. The Morgan fingerprint density at radius 2 is 1.68 bits per heavy atom. The minimum atomic E-state index is -0.151. The molecule has 0 spiro atoms. The van der Waals surface area contributed by atoms with Crippen molar-refractivity contribution in [3.05, 3.63) is 0 Å². The van der Waals surface area contributed by atoms with E-state index in [1.165, 1.54) is 0 Å². The van der Waals surface area contributed by atoms with Gasteiger partial charge in [0, 0.05) is 0 Å². The molecule has 0 saturated heterocycles. The molecule has 1 aliphatic rings. The van der Waals surface area contributed by atoms with Crippen molar-refractivity contribution in [2.75, 3.05) is 13.2 Å². The fourth-order valence-electron chi connectivity index (χ4n) is 2.31. The molecule has 0 heterocycles. The lowest BCUT2D eigenvalue weighted by atomic mass is 9.81. The van der Waals surface area contributed by atoms with Gasteiger partial charge < -0.3 is 9.47 Å². The molecular weight excluding hydrogens is 244 g/mol. The van der Waals surface area contributed by atoms with Crippen LogP contribution in [0.2, 0.25) is 0 Å². The highest BCUT2D eigenvalue weighted by molar-refractivity contribution is 5.76. The summed E-state index contributed by atoms with van der Waals surface area (Å²) in [5, 5.41) is 0. The molecule has 0 N–H and O–H groups in total. The summed E-state index contributed by atoms with van der Waals surface area (Å²) in [5.41, 5.74) is 0. The maximum Gasteiger partial charge on any atom is 0.308 e. The van der Waals surface area contributed by atoms with E-state index in [1.807, 2.05) is 20.8 Å². The van der Waals surface area contributed by atoms with Crippen molar-refractivity contribution in [2.45, 2.75) is 52.9 Å². The second kappa shape index (κ2) is 8.18. The molecule has 0 radical (unpaired) electrons. The quantitative estimate of drug-likeness (QED) is 0.696. The van der Waals surface area contributed by atoms with Crippen molar-refractivity contribution < 1.29 is 19.1 Å². The molecule has 2 atom stereocenters. The lowest BCUT2D eigenvalue weighted by Gasteiger charge is -2.26. The van der Waals surface area contributed by atoms with Gasteiger partial charge in [0.2, 0.25) is 0 Å². The predicted octanol–water partition coefficient (Wildman–Crippen LogP) is 2.95. The summed E-state index contributed by atoms with van der Waals surface area (Å²) in [6.45, 7) is 6.93. The smallest absolute Gasteiger partial charge is 0.308 e. The van der Waals surface area contributed by atoms with Gasteiger partial charge in [0.25, 0.3) is 0 Å². The van der Waals surface area contributed by atoms with Crippen LogP contribution in [-0.2, 0) is 19.1 Å². The Bertz CT molecular complexity index is 299. The second-order valence-electron chi connectivity index (χ2n) is 5.75. The average molecular weight is 270 g/mol. The number of hydrogen-bond acceptors (Lipinski definition) is 4. The molecule has 0 aromatic carbocycles. The zero-order valence-corrected chi connectivity index (χ0v) is 12.3. The Morgan fingerprint density at radius 3 is 2.21 bits per heavy atom. The van der Waals surface area contributed by atoms with E-state index in [2.05, 4.69) is 0 Å². The van der Waals surface area contributed by atoms with Gasteiger partial charge >= 0.3 is 11.9 Å². The van der Waals surface area contributed by atoms with Crippen LogP contribution in [0.25, 0.3) is 0 Å². The highest BCUT2D eigenvalue weighted by Gasteiger charge is 2.32. The van der Waals surface area contributed by atoms with E-state index in [4.69, 9.17) is 9.47 Å². The van der Waals surface area contributed by atoms with E-state index in [0.717, 1.165) is 25.7 Å². The summed E-state index contributed by atoms with van der Waals surface area (Å²) in [7, 11) is 0. The van der Waals surface area contributed by atoms with Crippen LogP contribution in [0.15, 0.2) is 0 Å². The Balaban J connectivity index is 2.40. The minimum absolute atomic E-state index is 0.128. The molecule has 0 aromatic heterocycles. The first kappa shape index (κ1) is 16.0. The van der Waals surface area contributed by atoms with Crippen molar-refractivity contribution in [3.63, 3.8) is 0 Å². The topological polar surface area (TPSA) is 52.6 Å². The van der Waals surface area contributed by atoms with Crippen LogP contribution in [-0.4, -0.2) is 25.2 Å². The fourth-order valence-corrected chi connectivity index (χ4v) is 2.31. The SMILES string of the molecule is CCCOC(=O)C1CCCC(C(=O)OCC(C)C)C1. The third kappa shape index (κ3) is 5.62. The number of esters is 2. The molecule has 2 unspecified atom stereocenters. The van der Waals surface area contributed by atoms with Gasteiger partial charge in [-0.05, 0) is 31.6 Å². The number of carbonyl (C=O) groups is 2. The molecule has 4 heteroatoms. The lowest BCUT2D eigenvalue weighted by Crippen LogP contribution is -2.30. The third-order valence-electron chi connectivity index (χ3n) is 3.35. The van der Waals surface area contributed by atoms with Gasteiger partial charge in [-0.15, -0.1) is 0 Å². The molecule has 19 heavy (non-hydrogen) atoms. The van der Waals surface area contributed by atoms with Gasteiger partial charge in [-0.3, -0.25) is 9.59 Å². The van der Waals surface area contributed by atoms with E-state index >= 15 is 0 Å². The molecule has 0 aromatic rings. The second-order valence-corrected chi connectivity index (χ2v) is 5.75. The molecule has 1 aliphatic carbocycles. The van der Waals surface area contributed by atoms with Crippen molar-refractivity contribution in [2.24, 2.45) is 17.8 Å². The molecule has 1 fully saturated rings. The van der Waals surface area contributed by atoms with Crippen LogP contribution in [0.3, 0.4) is 0 Å². The van der Waals surface area contributed by atoms with Crippen LogP contribution in [0.5, 0.6) is 0 Å². The number of rotatable bonds is 6. The largest absolute Gasteiger partial charge is 0.465 e. The summed E-state index contributed by atoms with van der Waals surface area (Å²) >= 11 is 0. The van der Waals surface area contributed by atoms with Crippen molar-refractivity contribution >= 4 is 11.9 Å². The summed E-state index contributed by atoms with van der Waals surface area (Å²) < 4.78 is 10.4. The zero-order chi connectivity index (χ0) is 14.3. The molecule has 1 rings (SSSR count). The van der Waals surface area contributed by atoms with E-state index in [1.54, 1.807) is 0 Å². The standard InChI is InChI=1S/C15H26O4/c1-4-8-18-14(16)12-6-5-7-13(9-12)15(17)19-10-11(2)3/h11-13H,4-10H2,1-3H3. The maximum atomic E-state index is 11.9.